The van der Waals surface area contributed by atoms with Gasteiger partial charge in [0.05, 0.1) is 11.3 Å². The standard InChI is InChI=1S/C9H8O4S/c10-6(3-4-8(11)12)9(13)7-2-1-5-14-7/h1-2,5H,3-4H2,(H,11,12). The lowest BCUT2D eigenvalue weighted by Gasteiger charge is -1.94. The second kappa shape index (κ2) is 4.66. The molecule has 0 unspecified atom stereocenters. The Balaban J connectivity index is 2.54. The highest BCUT2D eigenvalue weighted by Crippen LogP contribution is 2.11. The molecule has 0 aliphatic carbocycles. The summed E-state index contributed by atoms with van der Waals surface area (Å²) < 4.78 is 0. The minimum Gasteiger partial charge on any atom is -0.481 e. The first kappa shape index (κ1) is 10.6. The Morgan fingerprint density at radius 2 is 2.00 bits per heavy atom. The number of thiophene rings is 1. The van der Waals surface area contributed by atoms with Crippen molar-refractivity contribution < 1.29 is 19.5 Å². The van der Waals surface area contributed by atoms with Gasteiger partial charge in [-0.3, -0.25) is 14.4 Å². The number of carboxylic acids is 1. The number of hydrogen-bond donors (Lipinski definition) is 1. The van der Waals surface area contributed by atoms with Crippen LogP contribution in [-0.4, -0.2) is 22.6 Å². The molecule has 74 valence electrons. The summed E-state index contributed by atoms with van der Waals surface area (Å²) in [6.45, 7) is 0. The predicted molar refractivity (Wildman–Crippen MR) is 50.5 cm³/mol. The van der Waals surface area contributed by atoms with Crippen LogP contribution in [0.5, 0.6) is 0 Å². The Hall–Kier alpha value is -1.49. The molecule has 0 saturated carbocycles. The van der Waals surface area contributed by atoms with Gasteiger partial charge in [-0.15, -0.1) is 11.3 Å². The van der Waals surface area contributed by atoms with Crippen molar-refractivity contribution in [3.05, 3.63) is 22.4 Å². The van der Waals surface area contributed by atoms with Crippen LogP contribution in [0.1, 0.15) is 22.5 Å². The molecule has 4 nitrogen and oxygen atoms in total. The third-order valence-corrected chi connectivity index (χ3v) is 2.43. The molecule has 0 spiro atoms. The fraction of sp³-hybridized carbons (Fsp3) is 0.222. The molecule has 1 aromatic rings. The molecule has 1 N–H and O–H groups in total. The highest BCUT2D eigenvalue weighted by atomic mass is 32.1. The van der Waals surface area contributed by atoms with Crippen molar-refractivity contribution >= 4 is 28.9 Å². The number of aliphatic carboxylic acids is 1. The van der Waals surface area contributed by atoms with Gasteiger partial charge in [0, 0.05) is 6.42 Å². The van der Waals surface area contributed by atoms with E-state index in [2.05, 4.69) is 0 Å². The molecule has 1 heterocycles. The molecule has 0 aliphatic heterocycles. The summed E-state index contributed by atoms with van der Waals surface area (Å²) in [5, 5.41) is 10.0. The second-order valence-electron chi connectivity index (χ2n) is 2.62. The Morgan fingerprint density at radius 3 is 2.50 bits per heavy atom. The highest BCUT2D eigenvalue weighted by molar-refractivity contribution is 7.13. The van der Waals surface area contributed by atoms with Gasteiger partial charge in [0.2, 0.25) is 11.6 Å². The summed E-state index contributed by atoms with van der Waals surface area (Å²) in [7, 11) is 0. The third kappa shape index (κ3) is 2.77. The van der Waals surface area contributed by atoms with Crippen LogP contribution < -0.4 is 0 Å². The summed E-state index contributed by atoms with van der Waals surface area (Å²) in [6.07, 6.45) is -0.526. The Kier molecular flexibility index (Phi) is 3.53. The summed E-state index contributed by atoms with van der Waals surface area (Å²) in [5.41, 5.74) is 0. The monoisotopic (exact) mass is 212 g/mol. The summed E-state index contributed by atoms with van der Waals surface area (Å²) >= 11 is 1.18. The van der Waals surface area contributed by atoms with Crippen LogP contribution in [0.2, 0.25) is 0 Å². The molecule has 1 rings (SSSR count). The smallest absolute Gasteiger partial charge is 0.303 e. The molecular weight excluding hydrogens is 204 g/mol. The van der Waals surface area contributed by atoms with Gasteiger partial charge in [0.1, 0.15) is 0 Å². The number of carbonyl (C=O) groups excluding carboxylic acids is 2. The van der Waals surface area contributed by atoms with Crippen molar-refractivity contribution in [2.45, 2.75) is 12.8 Å². The highest BCUT2D eigenvalue weighted by Gasteiger charge is 2.17. The Bertz CT molecular complexity index is 353. The van der Waals surface area contributed by atoms with Crippen LogP contribution in [-0.2, 0) is 9.59 Å². The minimum atomic E-state index is -1.07. The molecule has 1 aromatic heterocycles. The van der Waals surface area contributed by atoms with E-state index in [0.717, 1.165) is 0 Å². The van der Waals surface area contributed by atoms with E-state index >= 15 is 0 Å². The van der Waals surface area contributed by atoms with Crippen LogP contribution in [0.25, 0.3) is 0 Å². The summed E-state index contributed by atoms with van der Waals surface area (Å²) in [5.74, 6) is -2.31. The Morgan fingerprint density at radius 1 is 1.29 bits per heavy atom. The zero-order valence-electron chi connectivity index (χ0n) is 7.23. The topological polar surface area (TPSA) is 71.4 Å². The van der Waals surface area contributed by atoms with Crippen molar-refractivity contribution in [2.75, 3.05) is 0 Å². The van der Waals surface area contributed by atoms with Crippen LogP contribution in [0.3, 0.4) is 0 Å². The number of carboxylic acid groups (broad SMARTS) is 1. The maximum absolute atomic E-state index is 11.3. The van der Waals surface area contributed by atoms with Crippen LogP contribution >= 0.6 is 11.3 Å². The first-order valence-corrected chi connectivity index (χ1v) is 4.82. The van der Waals surface area contributed by atoms with Crippen LogP contribution in [0.15, 0.2) is 17.5 Å². The molecule has 5 heteroatoms. The van der Waals surface area contributed by atoms with Gasteiger partial charge in [0.25, 0.3) is 0 Å². The van der Waals surface area contributed by atoms with Crippen molar-refractivity contribution in [1.82, 2.24) is 0 Å². The number of carbonyl (C=O) groups is 3. The van der Waals surface area contributed by atoms with Gasteiger partial charge in [-0.25, -0.2) is 0 Å². The van der Waals surface area contributed by atoms with Crippen LogP contribution in [0.4, 0.5) is 0 Å². The lowest BCUT2D eigenvalue weighted by atomic mass is 10.1. The first-order chi connectivity index (χ1) is 6.61. The first-order valence-electron chi connectivity index (χ1n) is 3.94. The average molecular weight is 212 g/mol. The van der Waals surface area contributed by atoms with Gasteiger partial charge >= 0.3 is 5.97 Å². The molecule has 0 atom stereocenters. The van der Waals surface area contributed by atoms with Gasteiger partial charge in [-0.2, -0.15) is 0 Å². The van der Waals surface area contributed by atoms with E-state index in [4.69, 9.17) is 5.11 Å². The zero-order chi connectivity index (χ0) is 10.6. The molecule has 0 fully saturated rings. The Labute approximate surface area is 84.2 Å². The molecule has 0 amide bonds. The second-order valence-corrected chi connectivity index (χ2v) is 3.57. The predicted octanol–water partition coefficient (Wildman–Crippen LogP) is 1.36. The van der Waals surface area contributed by atoms with E-state index in [9.17, 15) is 14.4 Å². The van der Waals surface area contributed by atoms with Crippen molar-refractivity contribution in [2.24, 2.45) is 0 Å². The molecular formula is C9H8O4S. The van der Waals surface area contributed by atoms with Gasteiger partial charge in [-0.05, 0) is 11.4 Å². The van der Waals surface area contributed by atoms with Gasteiger partial charge in [-0.1, -0.05) is 6.07 Å². The van der Waals surface area contributed by atoms with E-state index in [1.165, 1.54) is 11.3 Å². The molecule has 14 heavy (non-hydrogen) atoms. The lowest BCUT2D eigenvalue weighted by Crippen LogP contribution is -2.14. The molecule has 0 radical (unpaired) electrons. The van der Waals surface area contributed by atoms with E-state index in [1.807, 2.05) is 0 Å². The normalized spacial score (nSPS) is 9.71. The summed E-state index contributed by atoms with van der Waals surface area (Å²) in [6, 6.07) is 3.22. The fourth-order valence-electron chi connectivity index (χ4n) is 0.879. The number of Topliss-reactive ketones (excluding diaryl/α,β-unsaturated/α-hetero) is 2. The maximum Gasteiger partial charge on any atom is 0.303 e. The van der Waals surface area contributed by atoms with E-state index in [1.54, 1.807) is 17.5 Å². The van der Waals surface area contributed by atoms with E-state index < -0.39 is 17.5 Å². The van der Waals surface area contributed by atoms with Crippen molar-refractivity contribution in [1.29, 1.82) is 0 Å². The quantitative estimate of drug-likeness (QED) is 0.591. The van der Waals surface area contributed by atoms with Crippen LogP contribution in [0, 0.1) is 0 Å². The van der Waals surface area contributed by atoms with E-state index in [-0.39, 0.29) is 12.8 Å². The third-order valence-electron chi connectivity index (χ3n) is 1.56. The van der Waals surface area contributed by atoms with E-state index in [0.29, 0.717) is 4.88 Å². The van der Waals surface area contributed by atoms with Gasteiger partial charge in [0.15, 0.2) is 0 Å². The zero-order valence-corrected chi connectivity index (χ0v) is 8.04. The fourth-order valence-corrected chi connectivity index (χ4v) is 1.56. The number of rotatable bonds is 5. The summed E-state index contributed by atoms with van der Waals surface area (Å²) in [4.78, 5) is 32.9. The molecule has 0 bridgehead atoms. The molecule has 0 saturated heterocycles. The number of hydrogen-bond acceptors (Lipinski definition) is 4. The SMILES string of the molecule is O=C(O)CCC(=O)C(=O)c1cccs1. The van der Waals surface area contributed by atoms with Gasteiger partial charge < -0.3 is 5.11 Å². The number of ketones is 2. The average Bonchev–Trinajstić information content (AvgIpc) is 2.65. The maximum atomic E-state index is 11.3. The minimum absolute atomic E-state index is 0.230. The molecule has 0 aromatic carbocycles. The lowest BCUT2D eigenvalue weighted by molar-refractivity contribution is -0.138. The molecule has 0 aliphatic rings. The van der Waals surface area contributed by atoms with Crippen molar-refractivity contribution in [3.8, 4) is 0 Å². The largest absolute Gasteiger partial charge is 0.481 e. The van der Waals surface area contributed by atoms with Crippen molar-refractivity contribution in [3.63, 3.8) is 0 Å².